The largest absolute Gasteiger partial charge is 0.385 e. The van der Waals surface area contributed by atoms with Gasteiger partial charge >= 0.3 is 0 Å². The van der Waals surface area contributed by atoms with Gasteiger partial charge in [-0.2, -0.15) is 0 Å². The van der Waals surface area contributed by atoms with Crippen LogP contribution in [0.15, 0.2) is 24.3 Å². The molecule has 0 aliphatic carbocycles. The Morgan fingerprint density at radius 1 is 1.39 bits per heavy atom. The summed E-state index contributed by atoms with van der Waals surface area (Å²) >= 11 is 0. The van der Waals surface area contributed by atoms with Crippen LogP contribution in [0.2, 0.25) is 0 Å². The van der Waals surface area contributed by atoms with E-state index in [1.54, 1.807) is 19.2 Å². The van der Waals surface area contributed by atoms with Crippen molar-refractivity contribution in [1.29, 1.82) is 0 Å². The van der Waals surface area contributed by atoms with E-state index in [9.17, 15) is 4.39 Å². The Morgan fingerprint density at radius 2 is 2.06 bits per heavy atom. The Balaban J connectivity index is 2.73. The van der Waals surface area contributed by atoms with Crippen LogP contribution in [0.3, 0.4) is 0 Å². The normalized spacial score (nSPS) is 14.8. The quantitative estimate of drug-likeness (QED) is 0.809. The Kier molecular flexibility index (Phi) is 5.72. The van der Waals surface area contributed by atoms with Gasteiger partial charge < -0.3 is 10.5 Å². The lowest BCUT2D eigenvalue weighted by Gasteiger charge is -2.38. The summed E-state index contributed by atoms with van der Waals surface area (Å²) in [5.41, 5.74) is 6.36. The molecule has 0 saturated heterocycles. The average molecular weight is 254 g/mol. The number of benzene rings is 1. The minimum atomic E-state index is -0.182. The maximum atomic E-state index is 13.6. The number of hydrogen-bond acceptors (Lipinski definition) is 3. The van der Waals surface area contributed by atoms with Crippen molar-refractivity contribution in [3.8, 4) is 0 Å². The van der Waals surface area contributed by atoms with E-state index < -0.39 is 0 Å². The second-order valence-electron chi connectivity index (χ2n) is 4.89. The molecule has 4 heteroatoms. The van der Waals surface area contributed by atoms with Crippen LogP contribution in [0.1, 0.15) is 18.9 Å². The summed E-state index contributed by atoms with van der Waals surface area (Å²) in [5.74, 6) is -0.171. The third-order valence-electron chi connectivity index (χ3n) is 3.57. The monoisotopic (exact) mass is 254 g/mol. The van der Waals surface area contributed by atoms with Crippen LogP contribution < -0.4 is 5.73 Å². The van der Waals surface area contributed by atoms with Crippen molar-refractivity contribution in [3.05, 3.63) is 35.6 Å². The number of nitrogens with zero attached hydrogens (tertiary/aromatic N) is 1. The maximum Gasteiger partial charge on any atom is 0.127 e. The third kappa shape index (κ3) is 3.77. The molecule has 102 valence electrons. The van der Waals surface area contributed by atoms with Gasteiger partial charge in [0.1, 0.15) is 5.82 Å². The molecule has 0 radical (unpaired) electrons. The van der Waals surface area contributed by atoms with E-state index in [2.05, 4.69) is 11.8 Å². The van der Waals surface area contributed by atoms with Crippen LogP contribution in [-0.2, 0) is 11.3 Å². The Hall–Kier alpha value is -0.970. The zero-order valence-corrected chi connectivity index (χ0v) is 11.4. The standard InChI is InChI=1S/C14H23FN2O/c1-14(11-16,8-9-18-3)17(2)10-12-6-4-5-7-13(12)15/h4-7H,8-11,16H2,1-3H3. The molecule has 1 atom stereocenters. The van der Waals surface area contributed by atoms with Gasteiger partial charge in [0.2, 0.25) is 0 Å². The molecule has 0 spiro atoms. The van der Waals surface area contributed by atoms with E-state index in [0.29, 0.717) is 25.3 Å². The average Bonchev–Trinajstić information content (AvgIpc) is 2.38. The first-order valence-electron chi connectivity index (χ1n) is 6.17. The lowest BCUT2D eigenvalue weighted by Crippen LogP contribution is -2.50. The van der Waals surface area contributed by atoms with E-state index in [-0.39, 0.29) is 11.4 Å². The van der Waals surface area contributed by atoms with Crippen molar-refractivity contribution in [2.45, 2.75) is 25.4 Å². The second-order valence-corrected chi connectivity index (χ2v) is 4.89. The van der Waals surface area contributed by atoms with Crippen molar-refractivity contribution < 1.29 is 9.13 Å². The van der Waals surface area contributed by atoms with Crippen molar-refractivity contribution in [1.82, 2.24) is 4.90 Å². The van der Waals surface area contributed by atoms with Gasteiger partial charge in [0.15, 0.2) is 0 Å². The molecule has 0 aromatic heterocycles. The third-order valence-corrected chi connectivity index (χ3v) is 3.57. The first-order valence-corrected chi connectivity index (χ1v) is 6.17. The zero-order chi connectivity index (χ0) is 13.6. The maximum absolute atomic E-state index is 13.6. The first kappa shape index (κ1) is 15.1. The van der Waals surface area contributed by atoms with Crippen molar-refractivity contribution in [3.63, 3.8) is 0 Å². The molecule has 0 amide bonds. The molecule has 0 bridgehead atoms. The van der Waals surface area contributed by atoms with Crippen LogP contribution in [0.5, 0.6) is 0 Å². The molecule has 0 heterocycles. The summed E-state index contributed by atoms with van der Waals surface area (Å²) in [7, 11) is 3.64. The fourth-order valence-electron chi connectivity index (χ4n) is 1.84. The van der Waals surface area contributed by atoms with Crippen LogP contribution in [0, 0.1) is 5.82 Å². The number of rotatable bonds is 7. The number of hydrogen-bond donors (Lipinski definition) is 1. The summed E-state index contributed by atoms with van der Waals surface area (Å²) in [5, 5.41) is 0. The summed E-state index contributed by atoms with van der Waals surface area (Å²) in [6.07, 6.45) is 0.824. The van der Waals surface area contributed by atoms with Crippen LogP contribution in [0.25, 0.3) is 0 Å². The second kappa shape index (κ2) is 6.83. The predicted octanol–water partition coefficient (Wildman–Crippen LogP) is 2.01. The van der Waals surface area contributed by atoms with Crippen LogP contribution in [0.4, 0.5) is 4.39 Å². The summed E-state index contributed by atoms with van der Waals surface area (Å²) in [6, 6.07) is 6.84. The van der Waals surface area contributed by atoms with Crippen LogP contribution in [-0.4, -0.2) is 37.7 Å². The zero-order valence-electron chi connectivity index (χ0n) is 11.4. The molecule has 1 aromatic rings. The minimum Gasteiger partial charge on any atom is -0.385 e. The van der Waals surface area contributed by atoms with Gasteiger partial charge in [-0.25, -0.2) is 4.39 Å². The molecule has 0 saturated carbocycles. The first-order chi connectivity index (χ1) is 8.53. The Labute approximate surface area is 109 Å². The van der Waals surface area contributed by atoms with Crippen molar-refractivity contribution in [2.24, 2.45) is 5.73 Å². The van der Waals surface area contributed by atoms with Gasteiger partial charge in [-0.1, -0.05) is 18.2 Å². The molecule has 0 aliphatic heterocycles. The summed E-state index contributed by atoms with van der Waals surface area (Å²) in [6.45, 7) is 3.79. The van der Waals surface area contributed by atoms with Gasteiger partial charge in [-0.3, -0.25) is 4.90 Å². The highest BCUT2D eigenvalue weighted by Gasteiger charge is 2.27. The molecule has 1 rings (SSSR count). The van der Waals surface area contributed by atoms with Crippen molar-refractivity contribution >= 4 is 0 Å². The fraction of sp³-hybridized carbons (Fsp3) is 0.571. The van der Waals surface area contributed by atoms with E-state index in [1.807, 2.05) is 13.1 Å². The lowest BCUT2D eigenvalue weighted by atomic mass is 9.95. The predicted molar refractivity (Wildman–Crippen MR) is 71.8 cm³/mol. The molecule has 3 nitrogen and oxygen atoms in total. The Morgan fingerprint density at radius 3 is 2.61 bits per heavy atom. The topological polar surface area (TPSA) is 38.5 Å². The molecule has 1 unspecified atom stereocenters. The number of likely N-dealkylation sites (N-methyl/N-ethyl adjacent to an activating group) is 1. The summed E-state index contributed by atoms with van der Waals surface area (Å²) in [4.78, 5) is 2.09. The van der Waals surface area contributed by atoms with E-state index >= 15 is 0 Å². The van der Waals surface area contributed by atoms with Gasteiger partial charge in [0, 0.05) is 37.9 Å². The SMILES string of the molecule is COCCC(C)(CN)N(C)Cc1ccccc1F. The van der Waals surface area contributed by atoms with Crippen LogP contribution >= 0.6 is 0 Å². The molecule has 1 aromatic carbocycles. The van der Waals surface area contributed by atoms with E-state index in [4.69, 9.17) is 10.5 Å². The smallest absolute Gasteiger partial charge is 0.127 e. The molecular weight excluding hydrogens is 231 g/mol. The van der Waals surface area contributed by atoms with E-state index in [1.165, 1.54) is 6.07 Å². The number of ether oxygens (including phenoxy) is 1. The highest BCUT2D eigenvalue weighted by Crippen LogP contribution is 2.20. The summed E-state index contributed by atoms with van der Waals surface area (Å²) < 4.78 is 18.7. The van der Waals surface area contributed by atoms with Crippen molar-refractivity contribution in [2.75, 3.05) is 27.3 Å². The van der Waals surface area contributed by atoms with Gasteiger partial charge in [-0.15, -0.1) is 0 Å². The van der Waals surface area contributed by atoms with Gasteiger partial charge in [0.05, 0.1) is 0 Å². The Bertz CT molecular complexity index is 373. The fourth-order valence-corrected chi connectivity index (χ4v) is 1.84. The molecule has 2 N–H and O–H groups in total. The minimum absolute atomic E-state index is 0.171. The number of nitrogens with two attached hydrogens (primary N) is 1. The van der Waals surface area contributed by atoms with Gasteiger partial charge in [0.25, 0.3) is 0 Å². The highest BCUT2D eigenvalue weighted by molar-refractivity contribution is 5.17. The molecule has 0 aliphatic rings. The molecule has 0 fully saturated rings. The van der Waals surface area contributed by atoms with E-state index in [0.717, 1.165) is 6.42 Å². The number of halogens is 1. The number of methoxy groups -OCH3 is 1. The highest BCUT2D eigenvalue weighted by atomic mass is 19.1. The molecule has 18 heavy (non-hydrogen) atoms. The lowest BCUT2D eigenvalue weighted by molar-refractivity contribution is 0.0831. The molecular formula is C14H23FN2O. The van der Waals surface area contributed by atoms with Gasteiger partial charge in [-0.05, 0) is 26.5 Å².